The molecule has 0 aliphatic heterocycles. The summed E-state index contributed by atoms with van der Waals surface area (Å²) in [5.74, 6) is 0.478. The summed E-state index contributed by atoms with van der Waals surface area (Å²) in [6.07, 6.45) is 0.955. The van der Waals surface area contributed by atoms with Crippen LogP contribution in [0.2, 0.25) is 0 Å². The fraction of sp³-hybridized carbons (Fsp3) is 0.273. The molecule has 7 nitrogen and oxygen atoms in total. The first-order valence-electron chi connectivity index (χ1n) is 9.72. The summed E-state index contributed by atoms with van der Waals surface area (Å²) in [6.45, 7) is 4.05. The second-order valence-corrected chi connectivity index (χ2v) is 7.79. The molecular formula is C22H25N5O2S. The molecule has 0 spiro atoms. The topological polar surface area (TPSA) is 88.9 Å². The fourth-order valence-corrected chi connectivity index (χ4v) is 3.73. The highest BCUT2D eigenvalue weighted by molar-refractivity contribution is 7.99. The number of anilines is 2. The number of aryl methyl sites for hydroxylation is 2. The summed E-state index contributed by atoms with van der Waals surface area (Å²) < 4.78 is 1.74. The second kappa shape index (κ2) is 10.1. The van der Waals surface area contributed by atoms with E-state index in [4.69, 9.17) is 0 Å². The Hall–Kier alpha value is -3.13. The lowest BCUT2D eigenvalue weighted by molar-refractivity contribution is -0.116. The highest BCUT2D eigenvalue weighted by atomic mass is 32.2. The highest BCUT2D eigenvalue weighted by Crippen LogP contribution is 2.22. The Morgan fingerprint density at radius 2 is 1.77 bits per heavy atom. The van der Waals surface area contributed by atoms with Gasteiger partial charge in [-0.2, -0.15) is 0 Å². The van der Waals surface area contributed by atoms with E-state index in [1.54, 1.807) is 11.6 Å². The standard InChI is InChI=1S/C22H25N5O2S/c1-4-16-10-8-9-15(2)21(16)24-20(29)14-30-22-26-25-18(27(22)3)13-19(28)23-17-11-6-5-7-12-17/h5-12H,4,13-14H2,1-3H3,(H,23,28)(H,24,29). The SMILES string of the molecule is CCc1cccc(C)c1NC(=O)CSc1nnc(CC(=O)Nc2ccccc2)n1C. The van der Waals surface area contributed by atoms with E-state index in [9.17, 15) is 9.59 Å². The van der Waals surface area contributed by atoms with Crippen LogP contribution in [0.3, 0.4) is 0 Å². The van der Waals surface area contributed by atoms with E-state index in [-0.39, 0.29) is 24.0 Å². The second-order valence-electron chi connectivity index (χ2n) is 6.85. The molecule has 0 radical (unpaired) electrons. The monoisotopic (exact) mass is 423 g/mol. The van der Waals surface area contributed by atoms with Crippen molar-refractivity contribution in [1.29, 1.82) is 0 Å². The number of amides is 2. The predicted octanol–water partition coefficient (Wildman–Crippen LogP) is 3.60. The van der Waals surface area contributed by atoms with E-state index in [1.165, 1.54) is 11.8 Å². The third kappa shape index (κ3) is 5.48. The Morgan fingerprint density at radius 3 is 2.50 bits per heavy atom. The Morgan fingerprint density at radius 1 is 1.00 bits per heavy atom. The van der Waals surface area contributed by atoms with Gasteiger partial charge in [0.05, 0.1) is 12.2 Å². The van der Waals surface area contributed by atoms with E-state index < -0.39 is 0 Å². The Bertz CT molecular complexity index is 1030. The normalized spacial score (nSPS) is 10.6. The quantitative estimate of drug-likeness (QED) is 0.541. The molecule has 0 fully saturated rings. The number of hydrogen-bond acceptors (Lipinski definition) is 5. The molecule has 2 amide bonds. The van der Waals surface area contributed by atoms with Crippen molar-refractivity contribution < 1.29 is 9.59 Å². The zero-order valence-electron chi connectivity index (χ0n) is 17.3. The molecule has 3 aromatic rings. The van der Waals surface area contributed by atoms with Crippen LogP contribution in [-0.4, -0.2) is 32.3 Å². The minimum atomic E-state index is -0.169. The maximum absolute atomic E-state index is 12.5. The van der Waals surface area contributed by atoms with Gasteiger partial charge in [-0.25, -0.2) is 0 Å². The number of benzene rings is 2. The van der Waals surface area contributed by atoms with Gasteiger partial charge in [0.15, 0.2) is 5.16 Å². The molecule has 0 saturated heterocycles. The average molecular weight is 424 g/mol. The molecule has 3 rings (SSSR count). The average Bonchev–Trinajstić information content (AvgIpc) is 3.08. The maximum atomic E-state index is 12.5. The van der Waals surface area contributed by atoms with Crippen LogP contribution in [0.25, 0.3) is 0 Å². The van der Waals surface area contributed by atoms with Crippen molar-refractivity contribution in [2.45, 2.75) is 31.8 Å². The number of hydrogen-bond donors (Lipinski definition) is 2. The van der Waals surface area contributed by atoms with Gasteiger partial charge in [0.25, 0.3) is 0 Å². The molecular weight excluding hydrogens is 398 g/mol. The smallest absolute Gasteiger partial charge is 0.234 e. The summed E-state index contributed by atoms with van der Waals surface area (Å²) in [4.78, 5) is 24.7. The van der Waals surface area contributed by atoms with Gasteiger partial charge in [0, 0.05) is 18.4 Å². The first kappa shape index (κ1) is 21.6. The van der Waals surface area contributed by atoms with E-state index in [2.05, 4.69) is 27.8 Å². The van der Waals surface area contributed by atoms with Crippen LogP contribution in [-0.2, 0) is 29.5 Å². The van der Waals surface area contributed by atoms with Gasteiger partial charge in [0.1, 0.15) is 5.82 Å². The van der Waals surface area contributed by atoms with Crippen LogP contribution in [0.5, 0.6) is 0 Å². The number of aromatic nitrogens is 3. The van der Waals surface area contributed by atoms with E-state index in [0.29, 0.717) is 11.0 Å². The van der Waals surface area contributed by atoms with Gasteiger partial charge in [-0.05, 0) is 36.6 Å². The van der Waals surface area contributed by atoms with Gasteiger partial charge in [-0.1, -0.05) is 55.1 Å². The van der Waals surface area contributed by atoms with Crippen LogP contribution >= 0.6 is 11.8 Å². The van der Waals surface area contributed by atoms with Crippen LogP contribution in [0, 0.1) is 6.92 Å². The number of rotatable bonds is 8. The number of para-hydroxylation sites is 2. The van der Waals surface area contributed by atoms with Crippen LogP contribution in [0.15, 0.2) is 53.7 Å². The number of carbonyl (C=O) groups excluding carboxylic acids is 2. The van der Waals surface area contributed by atoms with Crippen molar-refractivity contribution in [3.63, 3.8) is 0 Å². The molecule has 0 saturated carbocycles. The van der Waals surface area contributed by atoms with Crippen molar-refractivity contribution in [2.75, 3.05) is 16.4 Å². The summed E-state index contributed by atoms with van der Waals surface area (Å²) in [7, 11) is 1.79. The molecule has 156 valence electrons. The first-order valence-corrected chi connectivity index (χ1v) is 10.7. The zero-order valence-corrected chi connectivity index (χ0v) is 18.1. The van der Waals surface area contributed by atoms with Crippen molar-refractivity contribution in [2.24, 2.45) is 7.05 Å². The van der Waals surface area contributed by atoms with Gasteiger partial charge >= 0.3 is 0 Å². The molecule has 0 atom stereocenters. The van der Waals surface area contributed by atoms with Crippen LogP contribution < -0.4 is 10.6 Å². The Balaban J connectivity index is 1.56. The van der Waals surface area contributed by atoms with E-state index in [1.807, 2.05) is 55.5 Å². The molecule has 0 aliphatic rings. The number of carbonyl (C=O) groups is 2. The van der Waals surface area contributed by atoms with Crippen molar-refractivity contribution in [3.05, 3.63) is 65.5 Å². The first-order chi connectivity index (χ1) is 14.5. The molecule has 2 aromatic carbocycles. The highest BCUT2D eigenvalue weighted by Gasteiger charge is 2.15. The van der Waals surface area contributed by atoms with Crippen molar-refractivity contribution in [3.8, 4) is 0 Å². The molecule has 0 unspecified atom stereocenters. The lowest BCUT2D eigenvalue weighted by atomic mass is 10.1. The molecule has 0 aliphatic carbocycles. The lowest BCUT2D eigenvalue weighted by Gasteiger charge is -2.12. The number of nitrogens with zero attached hydrogens (tertiary/aromatic N) is 3. The van der Waals surface area contributed by atoms with Crippen molar-refractivity contribution >= 4 is 35.0 Å². The zero-order chi connectivity index (χ0) is 21.5. The van der Waals surface area contributed by atoms with Crippen LogP contribution in [0.4, 0.5) is 11.4 Å². The maximum Gasteiger partial charge on any atom is 0.234 e. The predicted molar refractivity (Wildman–Crippen MR) is 120 cm³/mol. The third-order valence-electron chi connectivity index (χ3n) is 4.64. The van der Waals surface area contributed by atoms with Gasteiger partial charge in [-0.15, -0.1) is 10.2 Å². The summed E-state index contributed by atoms with van der Waals surface area (Å²) in [6, 6.07) is 15.3. The van der Waals surface area contributed by atoms with Gasteiger partial charge in [-0.3, -0.25) is 9.59 Å². The summed E-state index contributed by atoms with van der Waals surface area (Å²) in [5.41, 5.74) is 3.76. The van der Waals surface area contributed by atoms with Gasteiger partial charge in [0.2, 0.25) is 11.8 Å². The van der Waals surface area contributed by atoms with Crippen molar-refractivity contribution in [1.82, 2.24) is 14.8 Å². The molecule has 8 heteroatoms. The molecule has 0 bridgehead atoms. The fourth-order valence-electron chi connectivity index (χ4n) is 3.00. The summed E-state index contributed by atoms with van der Waals surface area (Å²) in [5, 5.41) is 14.6. The number of nitrogens with one attached hydrogen (secondary N) is 2. The minimum absolute atomic E-state index is 0.102. The minimum Gasteiger partial charge on any atom is -0.326 e. The van der Waals surface area contributed by atoms with Gasteiger partial charge < -0.3 is 15.2 Å². The molecule has 2 N–H and O–H groups in total. The van der Waals surface area contributed by atoms with Crippen LogP contribution in [0.1, 0.15) is 23.9 Å². The summed E-state index contributed by atoms with van der Waals surface area (Å²) >= 11 is 1.29. The molecule has 1 aromatic heterocycles. The largest absolute Gasteiger partial charge is 0.326 e. The lowest BCUT2D eigenvalue weighted by Crippen LogP contribution is -2.17. The Labute approximate surface area is 180 Å². The number of thioether (sulfide) groups is 1. The molecule has 1 heterocycles. The Kier molecular flexibility index (Phi) is 7.24. The van der Waals surface area contributed by atoms with E-state index in [0.717, 1.165) is 28.9 Å². The van der Waals surface area contributed by atoms with E-state index >= 15 is 0 Å². The molecule has 30 heavy (non-hydrogen) atoms. The third-order valence-corrected chi connectivity index (χ3v) is 5.66.